The summed E-state index contributed by atoms with van der Waals surface area (Å²) in [7, 11) is -1.34. The molecule has 6 aromatic carbocycles. The van der Waals surface area contributed by atoms with Crippen molar-refractivity contribution in [2.24, 2.45) is 5.92 Å². The number of hydrogen-bond donors (Lipinski definition) is 0. The van der Waals surface area contributed by atoms with Gasteiger partial charge in [0.1, 0.15) is 0 Å². The van der Waals surface area contributed by atoms with E-state index in [-0.39, 0.29) is 20.1 Å². The summed E-state index contributed by atoms with van der Waals surface area (Å²) < 4.78 is 8.28. The minimum atomic E-state index is -1.34. The number of furan rings is 1. The number of rotatable bonds is 7. The maximum atomic E-state index is 6.04. The topological polar surface area (TPSA) is 43.9 Å². The van der Waals surface area contributed by atoms with Crippen LogP contribution in [0.2, 0.25) is 19.6 Å². The molecule has 57 heavy (non-hydrogen) atoms. The van der Waals surface area contributed by atoms with E-state index in [2.05, 4.69) is 185 Å². The largest absolute Gasteiger partial charge is 0.557 e. The average Bonchev–Trinajstić information content (AvgIpc) is 3.79. The quantitative estimate of drug-likeness (QED) is 0.118. The molecular weight excluding hydrogens is 891 g/mol. The van der Waals surface area contributed by atoms with E-state index in [1.165, 1.54) is 38.2 Å². The molecule has 0 N–H and O–H groups in total. The van der Waals surface area contributed by atoms with Crippen LogP contribution in [0.1, 0.15) is 30.5 Å². The van der Waals surface area contributed by atoms with Gasteiger partial charge in [0.25, 0.3) is 0 Å². The molecule has 3 aromatic heterocycles. The third-order valence-corrected chi connectivity index (χ3v) is 12.6. The number of imidazole rings is 1. The molecule has 287 valence electrons. The first-order valence-electron chi connectivity index (χ1n) is 19.5. The first-order chi connectivity index (χ1) is 27.1. The van der Waals surface area contributed by atoms with E-state index < -0.39 is 8.07 Å². The zero-order chi connectivity index (χ0) is 39.0. The maximum absolute atomic E-state index is 6.04. The summed E-state index contributed by atoms with van der Waals surface area (Å²) >= 11 is 0. The van der Waals surface area contributed by atoms with Gasteiger partial charge in [0.05, 0.1) is 24.9 Å². The Morgan fingerprint density at radius 1 is 0.754 bits per heavy atom. The Bertz CT molecular complexity index is 2800. The van der Waals surface area contributed by atoms with Crippen LogP contribution < -0.4 is 5.19 Å². The van der Waals surface area contributed by atoms with Crippen LogP contribution in [0.25, 0.3) is 72.2 Å². The minimum Gasteiger partial charge on any atom is -0.557 e. The molecule has 0 spiro atoms. The number of benzene rings is 6. The van der Waals surface area contributed by atoms with Crippen LogP contribution in [0.3, 0.4) is 0 Å². The smallest absolute Gasteiger partial charge is 0.0798 e. The molecule has 4 nitrogen and oxygen atoms in total. The van der Waals surface area contributed by atoms with E-state index in [1.54, 1.807) is 0 Å². The zero-order valence-electron chi connectivity index (χ0n) is 33.6. The molecular formula is C51H47IrN3OSi-2. The predicted octanol–water partition coefficient (Wildman–Crippen LogP) is 13.0. The van der Waals surface area contributed by atoms with Crippen LogP contribution in [0.5, 0.6) is 0 Å². The number of aryl methyl sites for hydroxylation is 2. The van der Waals surface area contributed by atoms with Gasteiger partial charge in [0.2, 0.25) is 0 Å². The average molecular weight is 938 g/mol. The van der Waals surface area contributed by atoms with Gasteiger partial charge in [0.15, 0.2) is 0 Å². The van der Waals surface area contributed by atoms with E-state index >= 15 is 0 Å². The molecule has 0 saturated carbocycles. The van der Waals surface area contributed by atoms with Crippen molar-refractivity contribution in [2.45, 2.75) is 53.8 Å². The Kier molecular flexibility index (Phi) is 11.6. The van der Waals surface area contributed by atoms with E-state index in [0.29, 0.717) is 5.92 Å². The van der Waals surface area contributed by atoms with Gasteiger partial charge in [-0.05, 0) is 82.9 Å². The van der Waals surface area contributed by atoms with Gasteiger partial charge in [-0.25, -0.2) is 0 Å². The summed E-state index contributed by atoms with van der Waals surface area (Å²) in [6.07, 6.45) is 6.44. The third kappa shape index (κ3) is 8.08. The van der Waals surface area contributed by atoms with Crippen molar-refractivity contribution in [2.75, 3.05) is 0 Å². The van der Waals surface area contributed by atoms with Crippen LogP contribution in [0.4, 0.5) is 0 Å². The number of aromatic nitrogens is 3. The van der Waals surface area contributed by atoms with Crippen LogP contribution in [-0.4, -0.2) is 22.6 Å². The fraction of sp³-hybridized carbons (Fsp3) is 0.176. The van der Waals surface area contributed by atoms with Crippen LogP contribution >= 0.6 is 0 Å². The number of fused-ring (bicyclic) bond motifs is 3. The molecule has 0 amide bonds. The Labute approximate surface area is 351 Å². The number of nitrogens with zero attached hydrogens (tertiary/aromatic N) is 3. The first kappa shape index (κ1) is 39.8. The summed E-state index contributed by atoms with van der Waals surface area (Å²) in [5.74, 6) is 1.49. The van der Waals surface area contributed by atoms with Crippen molar-refractivity contribution in [1.82, 2.24) is 14.5 Å². The van der Waals surface area contributed by atoms with Crippen LogP contribution in [0, 0.1) is 32.1 Å². The summed E-state index contributed by atoms with van der Waals surface area (Å²) in [6, 6.07) is 49.6. The molecule has 3 heterocycles. The molecule has 9 aromatic rings. The maximum Gasteiger partial charge on any atom is 0.0798 e. The van der Waals surface area contributed by atoms with E-state index in [4.69, 9.17) is 9.40 Å². The zero-order valence-corrected chi connectivity index (χ0v) is 37.0. The second kappa shape index (κ2) is 16.6. The third-order valence-electron chi connectivity index (χ3n) is 10.5. The van der Waals surface area contributed by atoms with Crippen molar-refractivity contribution in [3.63, 3.8) is 0 Å². The van der Waals surface area contributed by atoms with Crippen molar-refractivity contribution < 1.29 is 24.5 Å². The van der Waals surface area contributed by atoms with E-state index in [0.717, 1.165) is 62.3 Å². The van der Waals surface area contributed by atoms with Gasteiger partial charge >= 0.3 is 0 Å². The Morgan fingerprint density at radius 3 is 2.23 bits per heavy atom. The summed E-state index contributed by atoms with van der Waals surface area (Å²) in [4.78, 5) is 9.76. The molecule has 0 aliphatic heterocycles. The van der Waals surface area contributed by atoms with Crippen molar-refractivity contribution >= 4 is 46.0 Å². The predicted molar refractivity (Wildman–Crippen MR) is 238 cm³/mol. The number of para-hydroxylation sites is 2. The number of hydrogen-bond acceptors (Lipinski definition) is 3. The minimum absolute atomic E-state index is 0. The first-order valence-corrected chi connectivity index (χ1v) is 23.0. The molecule has 0 atom stereocenters. The molecule has 0 aliphatic rings. The Hall–Kier alpha value is -5.39. The van der Waals surface area contributed by atoms with Crippen LogP contribution in [-0.2, 0) is 26.5 Å². The van der Waals surface area contributed by atoms with Gasteiger partial charge in [0, 0.05) is 49.2 Å². The molecule has 0 saturated heterocycles. The van der Waals surface area contributed by atoms with Crippen molar-refractivity contribution in [1.29, 1.82) is 0 Å². The SMILES string of the molecule is CC(C)Cc1cc(-c2[c-]cccc2)ncc1[Si](C)(C)C.Cc1cccc(C)c1-c1ccc2c(-c3nc4ccccc4n3-c3cccc4ccccc34)[c-]oc2c1.[Ir]. The van der Waals surface area contributed by atoms with Crippen LogP contribution in [0.15, 0.2) is 144 Å². The van der Waals surface area contributed by atoms with Crippen molar-refractivity contribution in [3.05, 3.63) is 169 Å². The van der Waals surface area contributed by atoms with Gasteiger partial charge in [-0.15, -0.1) is 42.0 Å². The second-order valence-corrected chi connectivity index (χ2v) is 21.2. The second-order valence-electron chi connectivity index (χ2n) is 16.2. The van der Waals surface area contributed by atoms with Crippen molar-refractivity contribution in [3.8, 4) is 39.5 Å². The molecule has 0 bridgehead atoms. The molecule has 1 radical (unpaired) electrons. The Morgan fingerprint density at radius 2 is 1.47 bits per heavy atom. The summed E-state index contributed by atoms with van der Waals surface area (Å²) in [5, 5.41) is 4.86. The summed E-state index contributed by atoms with van der Waals surface area (Å²) in [6.45, 7) is 16.0. The fourth-order valence-electron chi connectivity index (χ4n) is 7.89. The molecule has 9 rings (SSSR count). The van der Waals surface area contributed by atoms with Gasteiger partial charge in [-0.3, -0.25) is 4.98 Å². The normalized spacial score (nSPS) is 11.5. The van der Waals surface area contributed by atoms with Gasteiger partial charge in [-0.1, -0.05) is 135 Å². The summed E-state index contributed by atoms with van der Waals surface area (Å²) in [5.41, 5.74) is 13.3. The molecule has 0 fully saturated rings. The standard InChI is InChI=1S/C33H23N2O.C18H24NSi.Ir/c1-21-9-7-10-22(2)32(21)24-17-18-26-27(20-36-31(26)19-24)33-34-28-14-5-6-15-30(28)35(33)29-16-8-12-23-11-3-4-13-25(23)29;1-14(2)11-16-12-17(15-9-7-6-8-10-15)19-13-18(16)20(3,4)5;/h3-19H,1-2H3;6-9,12-14H,11H2,1-5H3;/q2*-1;. The fourth-order valence-corrected chi connectivity index (χ4v) is 9.48. The number of pyridine rings is 1. The monoisotopic (exact) mass is 938 g/mol. The van der Waals surface area contributed by atoms with E-state index in [9.17, 15) is 0 Å². The van der Waals surface area contributed by atoms with Gasteiger partial charge in [-0.2, -0.15) is 0 Å². The molecule has 0 unspecified atom stereocenters. The Balaban J connectivity index is 0.000000202. The van der Waals surface area contributed by atoms with E-state index in [1.807, 2.05) is 24.3 Å². The van der Waals surface area contributed by atoms with Gasteiger partial charge < -0.3 is 14.0 Å². The molecule has 6 heteroatoms. The molecule has 0 aliphatic carbocycles.